The molecule has 0 fully saturated rings. The zero-order chi connectivity index (χ0) is 12.4. The van der Waals surface area contributed by atoms with E-state index in [0.717, 1.165) is 36.4 Å². The van der Waals surface area contributed by atoms with Gasteiger partial charge in [0.05, 0.1) is 6.61 Å². The van der Waals surface area contributed by atoms with E-state index in [9.17, 15) is 0 Å². The standard InChI is InChI=1S/C15H16N2O/c16-14-5-7-17-10-12(14)9-11-6-8-18-15-4-2-1-3-13(11)15/h1-5,7,10-11H,6,8-9H2,(H2,16,17). The summed E-state index contributed by atoms with van der Waals surface area (Å²) in [5, 5.41) is 0. The van der Waals surface area contributed by atoms with Gasteiger partial charge < -0.3 is 10.5 Å². The van der Waals surface area contributed by atoms with E-state index in [1.54, 1.807) is 6.20 Å². The largest absolute Gasteiger partial charge is 0.493 e. The van der Waals surface area contributed by atoms with Gasteiger partial charge in [-0.25, -0.2) is 0 Å². The van der Waals surface area contributed by atoms with Crippen molar-refractivity contribution in [1.82, 2.24) is 4.98 Å². The van der Waals surface area contributed by atoms with Gasteiger partial charge in [0.15, 0.2) is 0 Å². The molecule has 1 aromatic heterocycles. The number of nitrogens with two attached hydrogens (primary N) is 1. The number of rotatable bonds is 2. The van der Waals surface area contributed by atoms with Gasteiger partial charge >= 0.3 is 0 Å². The van der Waals surface area contributed by atoms with E-state index in [4.69, 9.17) is 10.5 Å². The van der Waals surface area contributed by atoms with Crippen LogP contribution in [0.15, 0.2) is 42.7 Å². The van der Waals surface area contributed by atoms with Gasteiger partial charge in [0, 0.05) is 18.1 Å². The van der Waals surface area contributed by atoms with Gasteiger partial charge in [-0.15, -0.1) is 0 Å². The smallest absolute Gasteiger partial charge is 0.122 e. The Balaban J connectivity index is 1.89. The summed E-state index contributed by atoms with van der Waals surface area (Å²) in [5.41, 5.74) is 9.22. The second-order valence-electron chi connectivity index (χ2n) is 4.65. The van der Waals surface area contributed by atoms with E-state index in [0.29, 0.717) is 5.92 Å². The lowest BCUT2D eigenvalue weighted by molar-refractivity contribution is 0.266. The molecular weight excluding hydrogens is 224 g/mol. The number of nitrogens with zero attached hydrogens (tertiary/aromatic N) is 1. The highest BCUT2D eigenvalue weighted by molar-refractivity contribution is 5.46. The average molecular weight is 240 g/mol. The fourth-order valence-corrected chi connectivity index (χ4v) is 2.50. The number of ether oxygens (including phenoxy) is 1. The fraction of sp³-hybridized carbons (Fsp3) is 0.267. The van der Waals surface area contributed by atoms with Crippen LogP contribution in [0.25, 0.3) is 0 Å². The summed E-state index contributed by atoms with van der Waals surface area (Å²) in [7, 11) is 0. The monoisotopic (exact) mass is 240 g/mol. The first kappa shape index (κ1) is 11.1. The van der Waals surface area contributed by atoms with Crippen molar-refractivity contribution in [2.45, 2.75) is 18.8 Å². The minimum absolute atomic E-state index is 0.474. The molecule has 3 heteroatoms. The van der Waals surface area contributed by atoms with E-state index in [1.807, 2.05) is 24.4 Å². The Bertz CT molecular complexity index is 554. The fourth-order valence-electron chi connectivity index (χ4n) is 2.50. The van der Waals surface area contributed by atoms with Crippen molar-refractivity contribution in [3.8, 4) is 5.75 Å². The van der Waals surface area contributed by atoms with Crippen molar-refractivity contribution in [2.24, 2.45) is 0 Å². The van der Waals surface area contributed by atoms with Crippen LogP contribution >= 0.6 is 0 Å². The van der Waals surface area contributed by atoms with Crippen LogP contribution < -0.4 is 10.5 Å². The Morgan fingerprint density at radius 3 is 3.06 bits per heavy atom. The topological polar surface area (TPSA) is 48.1 Å². The van der Waals surface area contributed by atoms with Crippen molar-refractivity contribution in [2.75, 3.05) is 12.3 Å². The summed E-state index contributed by atoms with van der Waals surface area (Å²) < 4.78 is 5.67. The highest BCUT2D eigenvalue weighted by Crippen LogP contribution is 2.36. The molecule has 2 heterocycles. The Hall–Kier alpha value is -2.03. The lowest BCUT2D eigenvalue weighted by Gasteiger charge is -2.26. The molecule has 1 unspecified atom stereocenters. The molecule has 0 radical (unpaired) electrons. The van der Waals surface area contributed by atoms with Crippen LogP contribution in [0.3, 0.4) is 0 Å². The van der Waals surface area contributed by atoms with E-state index in [2.05, 4.69) is 17.1 Å². The van der Waals surface area contributed by atoms with Gasteiger partial charge in [-0.2, -0.15) is 0 Å². The first-order valence-electron chi connectivity index (χ1n) is 6.24. The summed E-state index contributed by atoms with van der Waals surface area (Å²) >= 11 is 0. The second-order valence-corrected chi connectivity index (χ2v) is 4.65. The molecule has 0 spiro atoms. The molecule has 1 aromatic carbocycles. The van der Waals surface area contributed by atoms with Crippen molar-refractivity contribution in [1.29, 1.82) is 0 Å². The molecule has 3 nitrogen and oxygen atoms in total. The number of hydrogen-bond acceptors (Lipinski definition) is 3. The SMILES string of the molecule is Nc1ccncc1CC1CCOc2ccccc21. The Kier molecular flexibility index (Phi) is 2.89. The number of benzene rings is 1. The summed E-state index contributed by atoms with van der Waals surface area (Å²) in [6.07, 6.45) is 5.57. The zero-order valence-electron chi connectivity index (χ0n) is 10.2. The summed E-state index contributed by atoms with van der Waals surface area (Å²) in [6.45, 7) is 0.780. The predicted octanol–water partition coefficient (Wildman–Crippen LogP) is 2.77. The molecule has 0 saturated carbocycles. The van der Waals surface area contributed by atoms with E-state index in [1.165, 1.54) is 5.56 Å². The van der Waals surface area contributed by atoms with Crippen LogP contribution in [0.5, 0.6) is 5.75 Å². The minimum Gasteiger partial charge on any atom is -0.493 e. The molecule has 0 aliphatic carbocycles. The number of pyridine rings is 1. The molecule has 1 aliphatic heterocycles. The van der Waals surface area contributed by atoms with E-state index in [-0.39, 0.29) is 0 Å². The molecule has 1 atom stereocenters. The number of para-hydroxylation sites is 1. The van der Waals surface area contributed by atoms with Crippen LogP contribution in [0, 0.1) is 0 Å². The van der Waals surface area contributed by atoms with Gasteiger partial charge in [0.2, 0.25) is 0 Å². The van der Waals surface area contributed by atoms with Crippen molar-refractivity contribution < 1.29 is 4.74 Å². The molecule has 92 valence electrons. The Morgan fingerprint density at radius 2 is 2.17 bits per heavy atom. The van der Waals surface area contributed by atoms with Gasteiger partial charge in [-0.05, 0) is 42.0 Å². The average Bonchev–Trinajstić information content (AvgIpc) is 2.42. The normalized spacial score (nSPS) is 17.9. The van der Waals surface area contributed by atoms with E-state index < -0.39 is 0 Å². The highest BCUT2D eigenvalue weighted by atomic mass is 16.5. The van der Waals surface area contributed by atoms with Gasteiger partial charge in [0.1, 0.15) is 5.75 Å². The molecule has 18 heavy (non-hydrogen) atoms. The lowest BCUT2D eigenvalue weighted by Crippen LogP contribution is -2.16. The highest BCUT2D eigenvalue weighted by Gasteiger charge is 2.21. The van der Waals surface area contributed by atoms with Crippen LogP contribution in [-0.4, -0.2) is 11.6 Å². The number of fused-ring (bicyclic) bond motifs is 1. The van der Waals surface area contributed by atoms with Crippen molar-refractivity contribution in [3.05, 3.63) is 53.9 Å². The maximum absolute atomic E-state index is 5.99. The van der Waals surface area contributed by atoms with Crippen LogP contribution in [0.4, 0.5) is 5.69 Å². The summed E-state index contributed by atoms with van der Waals surface area (Å²) in [4.78, 5) is 4.16. The lowest BCUT2D eigenvalue weighted by atomic mass is 9.87. The van der Waals surface area contributed by atoms with Gasteiger partial charge in [0.25, 0.3) is 0 Å². The third-order valence-corrected chi connectivity index (χ3v) is 3.49. The van der Waals surface area contributed by atoms with Crippen molar-refractivity contribution in [3.63, 3.8) is 0 Å². The molecule has 0 amide bonds. The molecule has 1 aliphatic rings. The zero-order valence-corrected chi connectivity index (χ0v) is 10.2. The van der Waals surface area contributed by atoms with Crippen LogP contribution in [-0.2, 0) is 6.42 Å². The van der Waals surface area contributed by atoms with Crippen molar-refractivity contribution >= 4 is 5.69 Å². The molecule has 3 rings (SSSR count). The molecule has 0 saturated heterocycles. The predicted molar refractivity (Wildman–Crippen MR) is 71.6 cm³/mol. The summed E-state index contributed by atoms with van der Waals surface area (Å²) in [5.74, 6) is 1.48. The van der Waals surface area contributed by atoms with E-state index >= 15 is 0 Å². The Labute approximate surface area is 107 Å². The van der Waals surface area contributed by atoms with Gasteiger partial charge in [-0.1, -0.05) is 18.2 Å². The summed E-state index contributed by atoms with van der Waals surface area (Å²) in [6, 6.07) is 10.1. The number of anilines is 1. The molecule has 2 N–H and O–H groups in total. The van der Waals surface area contributed by atoms with Crippen LogP contribution in [0.2, 0.25) is 0 Å². The van der Waals surface area contributed by atoms with Gasteiger partial charge in [-0.3, -0.25) is 4.98 Å². The van der Waals surface area contributed by atoms with Crippen LogP contribution in [0.1, 0.15) is 23.5 Å². The first-order chi connectivity index (χ1) is 8.84. The third kappa shape index (κ3) is 2.04. The molecule has 2 aromatic rings. The first-order valence-corrected chi connectivity index (χ1v) is 6.24. The second kappa shape index (κ2) is 4.69. The minimum atomic E-state index is 0.474. The Morgan fingerprint density at radius 1 is 1.28 bits per heavy atom. The quantitative estimate of drug-likeness (QED) is 0.878. The number of aromatic nitrogens is 1. The maximum atomic E-state index is 5.99. The number of hydrogen-bond donors (Lipinski definition) is 1. The maximum Gasteiger partial charge on any atom is 0.122 e. The third-order valence-electron chi connectivity index (χ3n) is 3.49. The number of nitrogen functional groups attached to an aromatic ring is 1. The molecular formula is C15H16N2O. The molecule has 0 bridgehead atoms.